The number of likely N-dealkylation sites (tertiary alicyclic amines) is 1. The smallest absolute Gasteiger partial charge is 0.217 e. The molecule has 0 spiro atoms. The van der Waals surface area contributed by atoms with Gasteiger partial charge in [0.05, 0.1) is 17.2 Å². The number of carbonyl (C=O) groups is 1. The normalized spacial score (nSPS) is 18.2. The largest absolute Gasteiger partial charge is 0.370 e. The minimum Gasteiger partial charge on any atom is -0.370 e. The van der Waals surface area contributed by atoms with Crippen LogP contribution in [0.5, 0.6) is 0 Å². The molecule has 136 valence electrons. The van der Waals surface area contributed by atoms with E-state index in [2.05, 4.69) is 34.4 Å². The van der Waals surface area contributed by atoms with Gasteiger partial charge >= 0.3 is 0 Å². The monoisotopic (exact) mass is 465 g/mol. The summed E-state index contributed by atoms with van der Waals surface area (Å²) in [7, 11) is 0. The van der Waals surface area contributed by atoms with Crippen molar-refractivity contribution in [3.05, 3.63) is 16.1 Å². The highest BCUT2D eigenvalue weighted by Gasteiger charge is 2.23. The van der Waals surface area contributed by atoms with Gasteiger partial charge in [0.15, 0.2) is 5.96 Å². The van der Waals surface area contributed by atoms with Crippen LogP contribution in [0.2, 0.25) is 0 Å². The van der Waals surface area contributed by atoms with E-state index in [0.717, 1.165) is 55.6 Å². The van der Waals surface area contributed by atoms with Gasteiger partial charge in [-0.25, -0.2) is 9.98 Å². The zero-order valence-electron chi connectivity index (χ0n) is 14.5. The number of nitrogens with zero attached hydrogens (tertiary/aromatic N) is 3. The Hall–Kier alpha value is -0.900. The van der Waals surface area contributed by atoms with Gasteiger partial charge in [0.2, 0.25) is 5.91 Å². The van der Waals surface area contributed by atoms with Crippen LogP contribution in [-0.4, -0.2) is 41.4 Å². The Morgan fingerprint density at radius 3 is 2.96 bits per heavy atom. The number of rotatable bonds is 6. The van der Waals surface area contributed by atoms with Gasteiger partial charge in [-0.1, -0.05) is 6.92 Å². The Labute approximate surface area is 165 Å². The number of piperidine rings is 1. The Morgan fingerprint density at radius 2 is 2.33 bits per heavy atom. The molecule has 24 heavy (non-hydrogen) atoms. The van der Waals surface area contributed by atoms with E-state index < -0.39 is 0 Å². The average molecular weight is 465 g/mol. The molecule has 0 saturated carbocycles. The van der Waals surface area contributed by atoms with Crippen molar-refractivity contribution in [3.63, 3.8) is 0 Å². The Morgan fingerprint density at radius 1 is 1.54 bits per heavy atom. The molecule has 1 amide bonds. The van der Waals surface area contributed by atoms with E-state index in [1.54, 1.807) is 11.3 Å². The number of aryl methyl sites for hydroxylation is 1. The van der Waals surface area contributed by atoms with Crippen LogP contribution in [0.4, 0.5) is 0 Å². The van der Waals surface area contributed by atoms with Gasteiger partial charge in [0, 0.05) is 31.4 Å². The maximum atomic E-state index is 11.2. The van der Waals surface area contributed by atoms with Crippen molar-refractivity contribution in [3.8, 4) is 0 Å². The second-order valence-electron chi connectivity index (χ2n) is 5.88. The number of guanidine groups is 1. The van der Waals surface area contributed by atoms with E-state index in [1.807, 2.05) is 0 Å². The molecule has 2 heterocycles. The van der Waals surface area contributed by atoms with Crippen LogP contribution in [0.1, 0.15) is 43.8 Å². The minimum atomic E-state index is -0.214. The first-order valence-corrected chi connectivity index (χ1v) is 9.25. The number of aromatic nitrogens is 1. The maximum Gasteiger partial charge on any atom is 0.217 e. The fourth-order valence-corrected chi connectivity index (χ4v) is 3.61. The van der Waals surface area contributed by atoms with E-state index in [1.165, 1.54) is 0 Å². The highest BCUT2D eigenvalue weighted by atomic mass is 127. The van der Waals surface area contributed by atoms with Crippen LogP contribution in [0, 0.1) is 5.92 Å². The summed E-state index contributed by atoms with van der Waals surface area (Å²) in [6.07, 6.45) is 3.56. The van der Waals surface area contributed by atoms with E-state index >= 15 is 0 Å². The van der Waals surface area contributed by atoms with Crippen LogP contribution >= 0.6 is 35.3 Å². The van der Waals surface area contributed by atoms with Gasteiger partial charge in [-0.15, -0.1) is 35.3 Å². The molecule has 1 unspecified atom stereocenters. The molecule has 1 atom stereocenters. The summed E-state index contributed by atoms with van der Waals surface area (Å²) in [5, 5.41) is 6.59. The standard InChI is InChI=1S/C16H27N5OS.HI/c1-3-15-20-13(11-23-15)9-19-16(18-4-2)21-7-5-6-12(10-21)8-14(17)22;/h11-12H,3-10H2,1-2H3,(H2,17,22)(H,18,19);1H. The van der Waals surface area contributed by atoms with Gasteiger partial charge in [-0.05, 0) is 32.1 Å². The third-order valence-corrected chi connectivity index (χ3v) is 4.98. The first-order valence-electron chi connectivity index (χ1n) is 8.37. The van der Waals surface area contributed by atoms with Crippen LogP contribution in [0.15, 0.2) is 10.4 Å². The van der Waals surface area contributed by atoms with Gasteiger partial charge in [0.1, 0.15) is 0 Å². The molecule has 1 aliphatic rings. The third-order valence-electron chi connectivity index (χ3n) is 3.94. The molecule has 1 fully saturated rings. The summed E-state index contributed by atoms with van der Waals surface area (Å²) in [4.78, 5) is 22.7. The van der Waals surface area contributed by atoms with Gasteiger partial charge in [0.25, 0.3) is 0 Å². The first-order chi connectivity index (χ1) is 11.1. The van der Waals surface area contributed by atoms with E-state index in [4.69, 9.17) is 10.7 Å². The second-order valence-corrected chi connectivity index (χ2v) is 6.82. The molecule has 0 aromatic carbocycles. The molecule has 0 aliphatic carbocycles. The number of primary amides is 1. The van der Waals surface area contributed by atoms with Crippen LogP contribution in [0.3, 0.4) is 0 Å². The number of halogens is 1. The molecule has 0 bridgehead atoms. The molecule has 3 N–H and O–H groups in total. The van der Waals surface area contributed by atoms with Crippen molar-refractivity contribution in [2.24, 2.45) is 16.6 Å². The van der Waals surface area contributed by atoms with Gasteiger partial charge < -0.3 is 16.0 Å². The van der Waals surface area contributed by atoms with E-state index in [9.17, 15) is 4.79 Å². The number of nitrogens with one attached hydrogen (secondary N) is 1. The van der Waals surface area contributed by atoms with Gasteiger partial charge in [-0.2, -0.15) is 0 Å². The number of nitrogens with two attached hydrogens (primary N) is 1. The topological polar surface area (TPSA) is 83.6 Å². The quantitative estimate of drug-likeness (QED) is 0.384. The summed E-state index contributed by atoms with van der Waals surface area (Å²) in [6, 6.07) is 0. The number of thiazole rings is 1. The molecule has 2 rings (SSSR count). The molecule has 1 saturated heterocycles. The molecule has 1 aromatic rings. The van der Waals surface area contributed by atoms with Crippen molar-refractivity contribution in [2.45, 2.75) is 46.1 Å². The van der Waals surface area contributed by atoms with Crippen molar-refractivity contribution >= 4 is 47.2 Å². The average Bonchev–Trinajstić information content (AvgIpc) is 2.99. The SMILES string of the molecule is CCNC(=NCc1csc(CC)n1)N1CCCC(CC(N)=O)C1.I. The van der Waals surface area contributed by atoms with Crippen LogP contribution in [0.25, 0.3) is 0 Å². The summed E-state index contributed by atoms with van der Waals surface area (Å²) in [5.41, 5.74) is 6.36. The molecule has 1 aromatic heterocycles. The number of aliphatic imine (C=N–C) groups is 1. The summed E-state index contributed by atoms with van der Waals surface area (Å²) in [6.45, 7) is 7.41. The molecule has 6 nitrogen and oxygen atoms in total. The lowest BCUT2D eigenvalue weighted by Crippen LogP contribution is -2.47. The fraction of sp³-hybridized carbons (Fsp3) is 0.688. The summed E-state index contributed by atoms with van der Waals surface area (Å²) >= 11 is 1.69. The zero-order valence-corrected chi connectivity index (χ0v) is 17.6. The van der Waals surface area contributed by atoms with E-state index in [0.29, 0.717) is 18.9 Å². The molecule has 0 radical (unpaired) electrons. The Kier molecular flexibility index (Phi) is 9.57. The maximum absolute atomic E-state index is 11.2. The number of hydrogen-bond acceptors (Lipinski definition) is 4. The number of amides is 1. The van der Waals surface area contributed by atoms with E-state index in [-0.39, 0.29) is 29.9 Å². The van der Waals surface area contributed by atoms with Crippen molar-refractivity contribution < 1.29 is 4.79 Å². The summed E-state index contributed by atoms with van der Waals surface area (Å²) < 4.78 is 0. The highest BCUT2D eigenvalue weighted by molar-refractivity contribution is 14.0. The lowest BCUT2D eigenvalue weighted by Gasteiger charge is -2.34. The van der Waals surface area contributed by atoms with Crippen molar-refractivity contribution in [1.82, 2.24) is 15.2 Å². The summed E-state index contributed by atoms with van der Waals surface area (Å²) in [5.74, 6) is 1.03. The third kappa shape index (κ3) is 6.54. The van der Waals surface area contributed by atoms with Crippen molar-refractivity contribution in [1.29, 1.82) is 0 Å². The van der Waals surface area contributed by atoms with Crippen molar-refractivity contribution in [2.75, 3.05) is 19.6 Å². The zero-order chi connectivity index (χ0) is 16.7. The lowest BCUT2D eigenvalue weighted by atomic mass is 9.95. The predicted octanol–water partition coefficient (Wildman–Crippen LogP) is 2.38. The Balaban J connectivity index is 0.00000288. The lowest BCUT2D eigenvalue weighted by molar-refractivity contribution is -0.119. The second kappa shape index (κ2) is 10.9. The molecule has 1 aliphatic heterocycles. The first kappa shape index (κ1) is 21.1. The predicted molar refractivity (Wildman–Crippen MR) is 110 cm³/mol. The number of hydrogen-bond donors (Lipinski definition) is 2. The van der Waals surface area contributed by atoms with Gasteiger partial charge in [-0.3, -0.25) is 4.79 Å². The highest BCUT2D eigenvalue weighted by Crippen LogP contribution is 2.19. The Bertz CT molecular complexity index is 548. The van der Waals surface area contributed by atoms with Crippen LogP contribution in [-0.2, 0) is 17.8 Å². The molecular formula is C16H28IN5OS. The molecular weight excluding hydrogens is 437 g/mol. The minimum absolute atomic E-state index is 0. The molecule has 8 heteroatoms. The van der Waals surface area contributed by atoms with Crippen LogP contribution < -0.4 is 11.1 Å². The fourth-order valence-electron chi connectivity index (χ4n) is 2.87. The number of carbonyl (C=O) groups excluding carboxylic acids is 1.